The van der Waals surface area contributed by atoms with Crippen molar-refractivity contribution in [2.24, 2.45) is 0 Å². The van der Waals surface area contributed by atoms with E-state index in [0.29, 0.717) is 16.4 Å². The third-order valence-corrected chi connectivity index (χ3v) is 5.25. The highest BCUT2D eigenvalue weighted by Gasteiger charge is 2.16. The topological polar surface area (TPSA) is 55.1 Å². The molecule has 2 aromatic carbocycles. The average molecular weight is 386 g/mol. The number of nitrogen functional groups attached to an aromatic ring is 1. The molecule has 0 aromatic heterocycles. The number of anilines is 2. The first-order valence-corrected chi connectivity index (χ1v) is 8.29. The average Bonchev–Trinajstić information content (AvgIpc) is 2.45. The highest BCUT2D eigenvalue weighted by Crippen LogP contribution is 2.31. The lowest BCUT2D eigenvalue weighted by Gasteiger charge is -2.13. The van der Waals surface area contributed by atoms with E-state index in [-0.39, 0.29) is 11.2 Å². The molecule has 3 nitrogen and oxygen atoms in total. The van der Waals surface area contributed by atoms with Gasteiger partial charge in [0.15, 0.2) is 0 Å². The zero-order chi connectivity index (χ0) is 15.4. The van der Waals surface area contributed by atoms with Gasteiger partial charge in [0.25, 0.3) is 0 Å². The van der Waals surface area contributed by atoms with Crippen molar-refractivity contribution in [3.63, 3.8) is 0 Å². The number of hydrogen-bond donors (Lipinski definition) is 2. The summed E-state index contributed by atoms with van der Waals surface area (Å²) in [5, 5.41) is 3.08. The Morgan fingerprint density at radius 1 is 1.33 bits per heavy atom. The first kappa shape index (κ1) is 16.2. The van der Waals surface area contributed by atoms with Gasteiger partial charge in [-0.1, -0.05) is 23.7 Å². The Bertz CT molecular complexity index is 666. The molecule has 110 valence electrons. The Morgan fingerprint density at radius 2 is 2.05 bits per heavy atom. The van der Waals surface area contributed by atoms with Crippen LogP contribution in [0.3, 0.4) is 0 Å². The number of carbonyl (C=O) groups is 1. The minimum atomic E-state index is -0.236. The molecule has 0 saturated heterocycles. The van der Waals surface area contributed by atoms with Crippen LogP contribution in [0.1, 0.15) is 6.92 Å². The standard InChI is InChI=1S/C15H14BrClN2OS/c1-9(21-14-5-3-2-4-11(14)16)15(20)19-10-6-7-12(17)13(18)8-10/h2-9H,18H2,1H3,(H,19,20). The van der Waals surface area contributed by atoms with Crippen LogP contribution in [0, 0.1) is 0 Å². The maximum Gasteiger partial charge on any atom is 0.237 e. The lowest BCUT2D eigenvalue weighted by atomic mass is 10.2. The number of amides is 1. The van der Waals surface area contributed by atoms with Gasteiger partial charge in [-0.15, -0.1) is 11.8 Å². The first-order valence-electron chi connectivity index (χ1n) is 6.24. The van der Waals surface area contributed by atoms with Gasteiger partial charge in [0.05, 0.1) is 16.0 Å². The summed E-state index contributed by atoms with van der Waals surface area (Å²) in [6, 6.07) is 12.8. The van der Waals surface area contributed by atoms with E-state index < -0.39 is 0 Å². The van der Waals surface area contributed by atoms with Gasteiger partial charge in [-0.2, -0.15) is 0 Å². The normalized spacial score (nSPS) is 12.0. The summed E-state index contributed by atoms with van der Waals surface area (Å²) >= 11 is 10.8. The largest absolute Gasteiger partial charge is 0.397 e. The van der Waals surface area contributed by atoms with E-state index >= 15 is 0 Å². The summed E-state index contributed by atoms with van der Waals surface area (Å²) in [5.74, 6) is -0.0857. The van der Waals surface area contributed by atoms with Crippen LogP contribution in [0.5, 0.6) is 0 Å². The number of halogens is 2. The molecule has 0 bridgehead atoms. The second kappa shape index (κ2) is 7.20. The molecule has 21 heavy (non-hydrogen) atoms. The number of carbonyl (C=O) groups excluding carboxylic acids is 1. The SMILES string of the molecule is CC(Sc1ccccc1Br)C(=O)Nc1ccc(Cl)c(N)c1. The Kier molecular flexibility index (Phi) is 5.56. The number of nitrogens with two attached hydrogens (primary N) is 1. The Hall–Kier alpha value is -1.17. The van der Waals surface area contributed by atoms with E-state index in [0.717, 1.165) is 9.37 Å². The number of rotatable bonds is 4. The molecule has 2 aromatic rings. The molecule has 3 N–H and O–H groups in total. The Labute approximate surface area is 141 Å². The summed E-state index contributed by atoms with van der Waals surface area (Å²) in [6.45, 7) is 1.86. The molecule has 0 fully saturated rings. The van der Waals surface area contributed by atoms with Crippen LogP contribution < -0.4 is 11.1 Å². The molecule has 2 rings (SSSR count). The summed E-state index contributed by atoms with van der Waals surface area (Å²) in [5.41, 5.74) is 6.81. The molecule has 0 spiro atoms. The smallest absolute Gasteiger partial charge is 0.237 e. The molecule has 1 atom stereocenters. The fourth-order valence-corrected chi connectivity index (χ4v) is 3.22. The van der Waals surface area contributed by atoms with Crippen LogP contribution in [-0.2, 0) is 4.79 Å². The van der Waals surface area contributed by atoms with Crippen molar-refractivity contribution in [3.05, 3.63) is 52.0 Å². The van der Waals surface area contributed by atoms with E-state index in [2.05, 4.69) is 21.2 Å². The molecule has 1 amide bonds. The van der Waals surface area contributed by atoms with Gasteiger partial charge in [0.1, 0.15) is 0 Å². The van der Waals surface area contributed by atoms with Crippen LogP contribution in [0.4, 0.5) is 11.4 Å². The third kappa shape index (κ3) is 4.40. The van der Waals surface area contributed by atoms with Crippen molar-refractivity contribution < 1.29 is 4.79 Å². The van der Waals surface area contributed by atoms with E-state index in [9.17, 15) is 4.79 Å². The fraction of sp³-hybridized carbons (Fsp3) is 0.133. The van der Waals surface area contributed by atoms with E-state index in [4.69, 9.17) is 17.3 Å². The zero-order valence-electron chi connectivity index (χ0n) is 11.3. The predicted octanol–water partition coefficient (Wildman–Crippen LogP) is 4.80. The molecule has 6 heteroatoms. The van der Waals surface area contributed by atoms with Crippen molar-refractivity contribution in [1.82, 2.24) is 0 Å². The number of nitrogens with one attached hydrogen (secondary N) is 1. The van der Waals surface area contributed by atoms with Crippen LogP contribution in [0.2, 0.25) is 5.02 Å². The highest BCUT2D eigenvalue weighted by atomic mass is 79.9. The minimum Gasteiger partial charge on any atom is -0.397 e. The third-order valence-electron chi connectivity index (χ3n) is 2.77. The lowest BCUT2D eigenvalue weighted by molar-refractivity contribution is -0.115. The minimum absolute atomic E-state index is 0.0857. The van der Waals surface area contributed by atoms with Crippen LogP contribution in [-0.4, -0.2) is 11.2 Å². The van der Waals surface area contributed by atoms with E-state index in [1.54, 1.807) is 18.2 Å². The second-order valence-electron chi connectivity index (χ2n) is 4.42. The van der Waals surface area contributed by atoms with Gasteiger partial charge in [-0.3, -0.25) is 4.79 Å². The van der Waals surface area contributed by atoms with Crippen molar-refractivity contribution in [1.29, 1.82) is 0 Å². The maximum atomic E-state index is 12.2. The Balaban J connectivity index is 2.02. The molecular weight excluding hydrogens is 372 g/mol. The van der Waals surface area contributed by atoms with Gasteiger partial charge in [-0.25, -0.2) is 0 Å². The van der Waals surface area contributed by atoms with E-state index in [1.807, 2.05) is 31.2 Å². The highest BCUT2D eigenvalue weighted by molar-refractivity contribution is 9.10. The van der Waals surface area contributed by atoms with Crippen molar-refractivity contribution in [3.8, 4) is 0 Å². The monoisotopic (exact) mass is 384 g/mol. The van der Waals surface area contributed by atoms with Crippen molar-refractivity contribution in [2.45, 2.75) is 17.1 Å². The summed E-state index contributed by atoms with van der Waals surface area (Å²) < 4.78 is 0.977. The van der Waals surface area contributed by atoms with Crippen LogP contribution >= 0.6 is 39.3 Å². The van der Waals surface area contributed by atoms with Gasteiger partial charge in [-0.05, 0) is 53.2 Å². The fourth-order valence-electron chi connectivity index (χ4n) is 1.65. The maximum absolute atomic E-state index is 12.2. The second-order valence-corrected chi connectivity index (χ2v) is 7.06. The number of benzene rings is 2. The molecule has 0 aliphatic rings. The Morgan fingerprint density at radius 3 is 2.71 bits per heavy atom. The quantitative estimate of drug-likeness (QED) is 0.587. The zero-order valence-corrected chi connectivity index (χ0v) is 14.4. The number of thioether (sulfide) groups is 1. The lowest BCUT2D eigenvalue weighted by Crippen LogP contribution is -2.22. The molecule has 0 aliphatic carbocycles. The van der Waals surface area contributed by atoms with Gasteiger partial charge in [0.2, 0.25) is 5.91 Å². The van der Waals surface area contributed by atoms with Crippen molar-refractivity contribution >= 4 is 56.6 Å². The summed E-state index contributed by atoms with van der Waals surface area (Å²) in [6.07, 6.45) is 0. The van der Waals surface area contributed by atoms with Gasteiger partial charge in [0, 0.05) is 15.1 Å². The molecule has 0 aliphatic heterocycles. The van der Waals surface area contributed by atoms with Crippen LogP contribution in [0.15, 0.2) is 51.8 Å². The van der Waals surface area contributed by atoms with Gasteiger partial charge < -0.3 is 11.1 Å². The number of hydrogen-bond acceptors (Lipinski definition) is 3. The summed E-state index contributed by atoms with van der Waals surface area (Å²) in [7, 11) is 0. The first-order chi connectivity index (χ1) is 9.97. The molecule has 1 unspecified atom stereocenters. The molecule has 0 saturated carbocycles. The van der Waals surface area contributed by atoms with E-state index in [1.165, 1.54) is 11.8 Å². The summed E-state index contributed by atoms with van der Waals surface area (Å²) in [4.78, 5) is 13.2. The molecule has 0 radical (unpaired) electrons. The van der Waals surface area contributed by atoms with Crippen molar-refractivity contribution in [2.75, 3.05) is 11.1 Å². The molecular formula is C15H14BrClN2OS. The van der Waals surface area contributed by atoms with Crippen LogP contribution in [0.25, 0.3) is 0 Å². The predicted molar refractivity (Wildman–Crippen MR) is 94.0 cm³/mol. The molecule has 0 heterocycles. The van der Waals surface area contributed by atoms with Gasteiger partial charge >= 0.3 is 0 Å².